The third kappa shape index (κ3) is 17.4. The number of rotatable bonds is 9. The van der Waals surface area contributed by atoms with E-state index in [0.29, 0.717) is 5.56 Å². The second-order valence-corrected chi connectivity index (χ2v) is 50.7. The van der Waals surface area contributed by atoms with Crippen molar-refractivity contribution in [3.05, 3.63) is 309 Å². The molecule has 3 nitrogen and oxygen atoms in total. The standard InChI is InChI=1S/C126H148BN3/c1-115(2,3)84-47-42-78(43-48-84)96-72-93(124(28,29)30)74-98(83-62-91(122(22,23)24)68-92(63-83)123(25,26)27)113(96)129-108-64-80(77-40-38-37-39-41-77)46-56-104(108)127-105-57-54-95(128-106-58-52-87(118(10,11)12)70-100(106)101-71-88(119(13,14)15)53-59-107(101)128)76-109(105)130(111-66-82(65-110(129)112(111)127)81-60-89(120(16,17)18)67-90(61-81)121(19,20)21)114-97(79-44-49-85(50-45-79)116(4,5)6)73-94(125(31,32)33)75-102(114)99-69-86(117(7,8)9)51-55-103(99)126(34,35)36/h37-76H,1-36H3/i37D,38D,39D,40D,41D. The molecule has 4 heteroatoms. The minimum atomic E-state index is -0.526. The van der Waals surface area contributed by atoms with Crippen molar-refractivity contribution in [3.63, 3.8) is 0 Å². The van der Waals surface area contributed by atoms with Gasteiger partial charge in [0, 0.05) is 61.5 Å². The van der Waals surface area contributed by atoms with E-state index in [-0.39, 0.29) is 94.7 Å². The van der Waals surface area contributed by atoms with Crippen LogP contribution in [-0.2, 0) is 65.0 Å². The molecule has 13 aromatic carbocycles. The highest BCUT2D eigenvalue weighted by Crippen LogP contribution is 2.58. The smallest absolute Gasteiger partial charge is 0.252 e. The molecule has 670 valence electrons. The second kappa shape index (κ2) is 31.5. The number of benzene rings is 13. The molecular formula is C126H148BN3. The van der Waals surface area contributed by atoms with Crippen LogP contribution in [0.3, 0.4) is 0 Å². The molecule has 0 saturated heterocycles. The summed E-state index contributed by atoms with van der Waals surface area (Å²) in [5, 5.41) is 2.41. The highest BCUT2D eigenvalue weighted by Gasteiger charge is 2.48. The van der Waals surface area contributed by atoms with Gasteiger partial charge in [-0.05, 0) is 272 Å². The van der Waals surface area contributed by atoms with Crippen LogP contribution >= 0.6 is 0 Å². The van der Waals surface area contributed by atoms with Crippen LogP contribution in [0.4, 0.5) is 34.1 Å². The molecule has 130 heavy (non-hydrogen) atoms. The molecule has 2 aliphatic rings. The lowest BCUT2D eigenvalue weighted by molar-refractivity contribution is 0.568. The minimum absolute atomic E-state index is 0.139. The first kappa shape index (κ1) is 86.1. The molecule has 14 aromatic rings. The topological polar surface area (TPSA) is 11.4 Å². The maximum atomic E-state index is 10.1. The summed E-state index contributed by atoms with van der Waals surface area (Å²) < 4.78 is 50.9. The zero-order valence-electron chi connectivity index (χ0n) is 90.6. The molecule has 0 N–H and O–H groups in total. The van der Waals surface area contributed by atoms with E-state index in [4.69, 9.17) is 1.37 Å². The second-order valence-electron chi connectivity index (χ2n) is 50.7. The Morgan fingerprint density at radius 1 is 0.215 bits per heavy atom. The highest BCUT2D eigenvalue weighted by molar-refractivity contribution is 7.00. The van der Waals surface area contributed by atoms with Gasteiger partial charge in [-0.15, -0.1) is 0 Å². The summed E-state index contributed by atoms with van der Waals surface area (Å²) >= 11 is 0. The highest BCUT2D eigenvalue weighted by atomic mass is 15.2. The van der Waals surface area contributed by atoms with Crippen molar-refractivity contribution in [3.8, 4) is 72.4 Å². The maximum Gasteiger partial charge on any atom is 0.252 e. The third-order valence-corrected chi connectivity index (χ3v) is 28.1. The van der Waals surface area contributed by atoms with Crippen molar-refractivity contribution < 1.29 is 6.85 Å². The molecule has 16 rings (SSSR count). The fraction of sp³-hybridized carbons (Fsp3) is 0.381. The van der Waals surface area contributed by atoms with Gasteiger partial charge in [0.25, 0.3) is 6.71 Å². The zero-order valence-corrected chi connectivity index (χ0v) is 85.6. The Bertz CT molecular complexity index is 6950. The van der Waals surface area contributed by atoms with E-state index in [1.54, 1.807) is 0 Å². The van der Waals surface area contributed by atoms with Crippen LogP contribution < -0.4 is 26.2 Å². The fourth-order valence-corrected chi connectivity index (χ4v) is 19.5. The van der Waals surface area contributed by atoms with Gasteiger partial charge >= 0.3 is 0 Å². The Hall–Kier alpha value is -10.7. The van der Waals surface area contributed by atoms with Gasteiger partial charge in [-0.2, -0.15) is 0 Å². The van der Waals surface area contributed by atoms with Crippen LogP contribution in [-0.4, -0.2) is 11.3 Å². The summed E-state index contributed by atoms with van der Waals surface area (Å²) in [6.45, 7) is 83.8. The van der Waals surface area contributed by atoms with E-state index >= 15 is 0 Å². The van der Waals surface area contributed by atoms with E-state index in [1.807, 2.05) is 0 Å². The predicted molar refractivity (Wildman–Crippen MR) is 572 cm³/mol. The lowest BCUT2D eigenvalue weighted by Crippen LogP contribution is -2.61. The van der Waals surface area contributed by atoms with E-state index in [1.165, 1.54) is 83.1 Å². The zero-order chi connectivity index (χ0) is 98.9. The average Bonchev–Trinajstić information content (AvgIpc) is 0.713. The minimum Gasteiger partial charge on any atom is -0.310 e. The molecule has 1 aromatic heterocycles. The van der Waals surface area contributed by atoms with Gasteiger partial charge < -0.3 is 14.4 Å². The summed E-state index contributed by atoms with van der Waals surface area (Å²) in [5.74, 6) is 0. The molecule has 0 radical (unpaired) electrons. The van der Waals surface area contributed by atoms with Crippen LogP contribution in [0.2, 0.25) is 0 Å². The first-order chi connectivity index (χ1) is 62.1. The molecule has 0 aliphatic carbocycles. The van der Waals surface area contributed by atoms with Gasteiger partial charge in [0.2, 0.25) is 0 Å². The maximum absolute atomic E-state index is 10.1. The van der Waals surface area contributed by atoms with Crippen molar-refractivity contribution in [2.75, 3.05) is 9.80 Å². The molecule has 0 bridgehead atoms. The van der Waals surface area contributed by atoms with Gasteiger partial charge in [-0.25, -0.2) is 0 Å². The summed E-state index contributed by atoms with van der Waals surface area (Å²) in [5.41, 5.74) is 35.5. The summed E-state index contributed by atoms with van der Waals surface area (Å²) in [6, 6.07) is 83.0. The fourth-order valence-electron chi connectivity index (χ4n) is 19.5. The predicted octanol–water partition coefficient (Wildman–Crippen LogP) is 34.4. The Morgan fingerprint density at radius 3 is 0.923 bits per heavy atom. The first-order valence-corrected chi connectivity index (χ1v) is 47.9. The van der Waals surface area contributed by atoms with Crippen molar-refractivity contribution in [1.82, 2.24) is 4.57 Å². The van der Waals surface area contributed by atoms with Crippen molar-refractivity contribution in [2.45, 2.75) is 314 Å². The Morgan fingerprint density at radius 2 is 0.523 bits per heavy atom. The Kier molecular flexibility index (Phi) is 20.9. The molecule has 0 unspecified atom stereocenters. The number of hydrogen-bond donors (Lipinski definition) is 0. The lowest BCUT2D eigenvalue weighted by atomic mass is 9.33. The first-order valence-electron chi connectivity index (χ1n) is 50.4. The van der Waals surface area contributed by atoms with Crippen molar-refractivity contribution in [1.29, 1.82) is 0 Å². The van der Waals surface area contributed by atoms with Gasteiger partial charge in [0.1, 0.15) is 0 Å². The summed E-state index contributed by atoms with van der Waals surface area (Å²) in [7, 11) is 0. The molecular weight excluding hydrogens is 1570 g/mol. The molecule has 2 aliphatic heterocycles. The lowest BCUT2D eigenvalue weighted by Gasteiger charge is -2.46. The summed E-state index contributed by atoms with van der Waals surface area (Å²) in [4.78, 5) is 5.39. The van der Waals surface area contributed by atoms with Gasteiger partial charge in [-0.1, -0.05) is 413 Å². The molecule has 0 atom stereocenters. The molecule has 3 heterocycles. The molecule has 0 saturated carbocycles. The van der Waals surface area contributed by atoms with Crippen LogP contribution in [0.25, 0.3) is 94.3 Å². The number of aromatic nitrogens is 1. The van der Waals surface area contributed by atoms with E-state index < -0.39 is 12.8 Å². The monoisotopic (exact) mass is 1720 g/mol. The van der Waals surface area contributed by atoms with Crippen molar-refractivity contribution >= 4 is 79.0 Å². The van der Waals surface area contributed by atoms with E-state index in [2.05, 4.69) is 476 Å². The Labute approximate surface area is 791 Å². The van der Waals surface area contributed by atoms with Crippen LogP contribution in [0.1, 0.15) is 323 Å². The number of anilines is 6. The Balaban J connectivity index is 1.22. The van der Waals surface area contributed by atoms with Crippen LogP contribution in [0.5, 0.6) is 0 Å². The largest absolute Gasteiger partial charge is 0.310 e. The van der Waals surface area contributed by atoms with E-state index in [0.717, 1.165) is 117 Å². The van der Waals surface area contributed by atoms with Crippen molar-refractivity contribution in [2.24, 2.45) is 0 Å². The third-order valence-electron chi connectivity index (χ3n) is 28.1. The summed E-state index contributed by atoms with van der Waals surface area (Å²) in [6.07, 6.45) is 0. The van der Waals surface area contributed by atoms with E-state index in [9.17, 15) is 5.48 Å². The number of nitrogens with zero attached hydrogens (tertiary/aromatic N) is 3. The van der Waals surface area contributed by atoms with Gasteiger partial charge in [-0.3, -0.25) is 0 Å². The van der Waals surface area contributed by atoms with Gasteiger partial charge in [0.15, 0.2) is 0 Å². The van der Waals surface area contributed by atoms with Crippen LogP contribution in [0.15, 0.2) is 243 Å². The number of hydrogen-bond acceptors (Lipinski definition) is 2. The SMILES string of the molecule is [2H]c1c([2H])c([2H])c(-c2ccc3c(c2)N(c2c(-c4ccc(C(C)(C)C)cc4)cc(C(C)(C)C)cc2-c2cc(C(C)(C)C)cc(C(C)(C)C)c2)c2cc(-c4cc(C(C)(C)C)cc(C(C)(C)C)c4)cc4c2B3c2ccc(-n3c5ccc(C(C)(C)C)cc5c5cc(C(C)(C)C)ccc53)cc2N4c2c(-c3ccc(C(C)(C)C)cc3)cc(C(C)(C)C)cc2-c2cc(C(C)(C)C)ccc2C(C)(C)C)c([2H])c1[2H]. The molecule has 0 spiro atoms. The quantitative estimate of drug-likeness (QED) is 0.133. The average molecular weight is 1720 g/mol. The normalized spacial score (nSPS) is 14.5. The molecule has 0 fully saturated rings. The molecule has 0 amide bonds. The van der Waals surface area contributed by atoms with Crippen LogP contribution in [0, 0.1) is 0 Å². The van der Waals surface area contributed by atoms with Gasteiger partial charge in [0.05, 0.1) is 29.3 Å². The number of fused-ring (bicyclic) bond motifs is 7.